The lowest BCUT2D eigenvalue weighted by atomic mass is 10.2. The summed E-state index contributed by atoms with van der Waals surface area (Å²) in [5.41, 5.74) is 6.46. The topological polar surface area (TPSA) is 61.0 Å². The zero-order valence-corrected chi connectivity index (χ0v) is 9.12. The summed E-state index contributed by atoms with van der Waals surface area (Å²) in [7, 11) is 0. The van der Waals surface area contributed by atoms with Crippen LogP contribution in [-0.4, -0.2) is 16.0 Å². The maximum Gasteiger partial charge on any atom is 0.232 e. The van der Waals surface area contributed by atoms with Crippen LogP contribution in [0.1, 0.15) is 6.92 Å². The third-order valence-electron chi connectivity index (χ3n) is 1.85. The molecule has 4 nitrogen and oxygen atoms in total. The lowest BCUT2D eigenvalue weighted by molar-refractivity contribution is 0.340. The standard InChI is InChI=1S/C10H11N3OS/c1-2-14-8-5-3-7(4-6-8)9-12-10(11)13-15-9/h3-6H,2H2,1H3,(H2,11,13). The highest BCUT2D eigenvalue weighted by Crippen LogP contribution is 2.24. The molecule has 2 N–H and O–H groups in total. The Kier molecular flexibility index (Phi) is 2.82. The first-order chi connectivity index (χ1) is 7.29. The average molecular weight is 221 g/mol. The number of rotatable bonds is 3. The second-order valence-electron chi connectivity index (χ2n) is 2.92. The van der Waals surface area contributed by atoms with Gasteiger partial charge in [-0.05, 0) is 42.7 Å². The Bertz CT molecular complexity index is 438. The van der Waals surface area contributed by atoms with Crippen LogP contribution in [0.15, 0.2) is 24.3 Å². The molecule has 0 radical (unpaired) electrons. The summed E-state index contributed by atoms with van der Waals surface area (Å²) in [6.07, 6.45) is 0. The maximum atomic E-state index is 5.46. The normalized spacial score (nSPS) is 10.2. The fourth-order valence-electron chi connectivity index (χ4n) is 1.21. The van der Waals surface area contributed by atoms with Crippen LogP contribution in [0.3, 0.4) is 0 Å². The van der Waals surface area contributed by atoms with Crippen molar-refractivity contribution < 1.29 is 4.74 Å². The van der Waals surface area contributed by atoms with Crippen molar-refractivity contribution in [3.8, 4) is 16.3 Å². The van der Waals surface area contributed by atoms with Gasteiger partial charge in [0.05, 0.1) is 6.61 Å². The molecule has 0 unspecified atom stereocenters. The number of hydrogen-bond donors (Lipinski definition) is 1. The molecular formula is C10H11N3OS. The molecule has 0 aliphatic carbocycles. The molecule has 1 aromatic carbocycles. The van der Waals surface area contributed by atoms with Crippen molar-refractivity contribution in [2.24, 2.45) is 0 Å². The highest BCUT2D eigenvalue weighted by Gasteiger charge is 2.03. The number of hydrogen-bond acceptors (Lipinski definition) is 5. The van der Waals surface area contributed by atoms with Gasteiger partial charge in [-0.25, -0.2) is 0 Å². The van der Waals surface area contributed by atoms with E-state index in [1.807, 2.05) is 31.2 Å². The largest absolute Gasteiger partial charge is 0.494 e. The Morgan fingerprint density at radius 3 is 2.60 bits per heavy atom. The summed E-state index contributed by atoms with van der Waals surface area (Å²) < 4.78 is 9.27. The molecule has 0 fully saturated rings. The molecule has 1 heterocycles. The molecule has 0 saturated heterocycles. The number of benzene rings is 1. The summed E-state index contributed by atoms with van der Waals surface area (Å²) >= 11 is 1.29. The first-order valence-electron chi connectivity index (χ1n) is 4.62. The minimum atomic E-state index is 0.323. The van der Waals surface area contributed by atoms with Crippen LogP contribution in [-0.2, 0) is 0 Å². The van der Waals surface area contributed by atoms with E-state index in [0.29, 0.717) is 12.6 Å². The molecule has 0 amide bonds. The summed E-state index contributed by atoms with van der Waals surface area (Å²) in [6, 6.07) is 7.72. The van der Waals surface area contributed by atoms with Crippen molar-refractivity contribution in [2.45, 2.75) is 6.92 Å². The highest BCUT2D eigenvalue weighted by molar-refractivity contribution is 7.09. The Hall–Kier alpha value is -1.62. The van der Waals surface area contributed by atoms with Crippen molar-refractivity contribution in [3.05, 3.63) is 24.3 Å². The molecular weight excluding hydrogens is 210 g/mol. The van der Waals surface area contributed by atoms with Gasteiger partial charge in [0.15, 0.2) is 0 Å². The highest BCUT2D eigenvalue weighted by atomic mass is 32.1. The summed E-state index contributed by atoms with van der Waals surface area (Å²) in [5, 5.41) is 0.829. The van der Waals surface area contributed by atoms with E-state index < -0.39 is 0 Å². The molecule has 2 aromatic rings. The maximum absolute atomic E-state index is 5.46. The van der Waals surface area contributed by atoms with Crippen LogP contribution in [0.5, 0.6) is 5.75 Å². The molecule has 15 heavy (non-hydrogen) atoms. The van der Waals surface area contributed by atoms with Gasteiger partial charge in [0.25, 0.3) is 0 Å². The number of nitrogens with zero attached hydrogens (tertiary/aromatic N) is 2. The van der Waals surface area contributed by atoms with Crippen LogP contribution in [0.4, 0.5) is 5.95 Å². The van der Waals surface area contributed by atoms with E-state index in [4.69, 9.17) is 10.5 Å². The van der Waals surface area contributed by atoms with Crippen LogP contribution in [0.2, 0.25) is 0 Å². The second-order valence-corrected chi connectivity index (χ2v) is 3.67. The van der Waals surface area contributed by atoms with Gasteiger partial charge in [0.2, 0.25) is 5.95 Å². The van der Waals surface area contributed by atoms with Crippen molar-refractivity contribution in [3.63, 3.8) is 0 Å². The molecule has 0 bridgehead atoms. The minimum Gasteiger partial charge on any atom is -0.494 e. The SMILES string of the molecule is CCOc1ccc(-c2nc(N)ns2)cc1. The number of nitrogens with two attached hydrogens (primary N) is 1. The minimum absolute atomic E-state index is 0.323. The predicted molar refractivity (Wildman–Crippen MR) is 60.9 cm³/mol. The van der Waals surface area contributed by atoms with Crippen LogP contribution < -0.4 is 10.5 Å². The van der Waals surface area contributed by atoms with E-state index in [0.717, 1.165) is 16.3 Å². The predicted octanol–water partition coefficient (Wildman–Crippen LogP) is 2.19. The number of aromatic nitrogens is 2. The lowest BCUT2D eigenvalue weighted by Gasteiger charge is -2.02. The molecule has 78 valence electrons. The summed E-state index contributed by atoms with van der Waals surface area (Å²) in [5.74, 6) is 1.18. The third-order valence-corrected chi connectivity index (χ3v) is 2.63. The van der Waals surface area contributed by atoms with Crippen molar-refractivity contribution in [1.82, 2.24) is 9.36 Å². The van der Waals surface area contributed by atoms with Crippen molar-refractivity contribution >= 4 is 17.5 Å². The molecule has 0 spiro atoms. The van der Waals surface area contributed by atoms with Gasteiger partial charge >= 0.3 is 0 Å². The van der Waals surface area contributed by atoms with Crippen molar-refractivity contribution in [2.75, 3.05) is 12.3 Å². The zero-order chi connectivity index (χ0) is 10.7. The molecule has 5 heteroatoms. The van der Waals surface area contributed by atoms with Crippen molar-refractivity contribution in [1.29, 1.82) is 0 Å². The Balaban J connectivity index is 2.23. The third kappa shape index (κ3) is 2.24. The lowest BCUT2D eigenvalue weighted by Crippen LogP contribution is -1.90. The van der Waals surface area contributed by atoms with Gasteiger partial charge in [-0.3, -0.25) is 0 Å². The molecule has 2 rings (SSSR count). The molecule has 0 saturated carbocycles. The van der Waals surface area contributed by atoms with Gasteiger partial charge in [-0.1, -0.05) is 0 Å². The second kappa shape index (κ2) is 4.27. The number of nitrogen functional groups attached to an aromatic ring is 1. The monoisotopic (exact) mass is 221 g/mol. The zero-order valence-electron chi connectivity index (χ0n) is 8.30. The Morgan fingerprint density at radius 1 is 1.33 bits per heavy atom. The molecule has 0 aliphatic heterocycles. The first kappa shape index (κ1) is 9.92. The smallest absolute Gasteiger partial charge is 0.232 e. The summed E-state index contributed by atoms with van der Waals surface area (Å²) in [6.45, 7) is 2.63. The van der Waals surface area contributed by atoms with E-state index in [9.17, 15) is 0 Å². The van der Waals surface area contributed by atoms with Gasteiger partial charge in [-0.2, -0.15) is 9.36 Å². The summed E-state index contributed by atoms with van der Waals surface area (Å²) in [4.78, 5) is 4.10. The quantitative estimate of drug-likeness (QED) is 0.863. The van der Waals surface area contributed by atoms with E-state index in [2.05, 4.69) is 9.36 Å². The molecule has 0 atom stereocenters. The van der Waals surface area contributed by atoms with Gasteiger partial charge in [0, 0.05) is 5.56 Å². The van der Waals surface area contributed by atoms with E-state index in [-0.39, 0.29) is 0 Å². The van der Waals surface area contributed by atoms with Crippen LogP contribution in [0.25, 0.3) is 10.6 Å². The van der Waals surface area contributed by atoms with E-state index >= 15 is 0 Å². The van der Waals surface area contributed by atoms with Gasteiger partial charge in [-0.15, -0.1) is 0 Å². The van der Waals surface area contributed by atoms with Crippen LogP contribution in [0, 0.1) is 0 Å². The first-order valence-corrected chi connectivity index (χ1v) is 5.39. The van der Waals surface area contributed by atoms with Gasteiger partial charge < -0.3 is 10.5 Å². The van der Waals surface area contributed by atoms with E-state index in [1.54, 1.807) is 0 Å². The Labute approximate surface area is 91.9 Å². The van der Waals surface area contributed by atoms with Gasteiger partial charge in [0.1, 0.15) is 10.8 Å². The number of anilines is 1. The average Bonchev–Trinajstić information content (AvgIpc) is 2.67. The molecule has 1 aromatic heterocycles. The number of ether oxygens (including phenoxy) is 1. The fraction of sp³-hybridized carbons (Fsp3) is 0.200. The molecule has 0 aliphatic rings. The fourth-order valence-corrected chi connectivity index (χ4v) is 1.81. The van der Waals surface area contributed by atoms with Crippen LogP contribution >= 0.6 is 11.5 Å². The Morgan fingerprint density at radius 2 is 2.07 bits per heavy atom. The van der Waals surface area contributed by atoms with E-state index in [1.165, 1.54) is 11.5 Å².